The maximum Gasteiger partial charge on any atom is 0.380 e. The van der Waals surface area contributed by atoms with E-state index in [1.54, 1.807) is 22.7 Å². The van der Waals surface area contributed by atoms with Crippen LogP contribution in [-0.4, -0.2) is 33.9 Å². The largest absolute Gasteiger partial charge is 0.380 e. The van der Waals surface area contributed by atoms with E-state index in [9.17, 15) is 0 Å². The van der Waals surface area contributed by atoms with Crippen LogP contribution in [-0.2, 0) is 0 Å². The first-order valence-corrected chi connectivity index (χ1v) is 28.0. The predicted octanol–water partition coefficient (Wildman–Crippen LogP) is 14.3. The summed E-state index contributed by atoms with van der Waals surface area (Å²) >= 11 is 8.72. The predicted molar refractivity (Wildman–Crippen MR) is 219 cm³/mol. The van der Waals surface area contributed by atoms with Crippen molar-refractivity contribution in [1.82, 2.24) is 0 Å². The lowest BCUT2D eigenvalue weighted by atomic mass is 9.95. The van der Waals surface area contributed by atoms with Crippen molar-refractivity contribution in [3.8, 4) is 39.0 Å². The molecule has 0 aliphatic heterocycles. The average Bonchev–Trinajstić information content (AvgIpc) is 3.86. The van der Waals surface area contributed by atoms with Gasteiger partial charge in [-0.15, -0.1) is 68.0 Å². The molecule has 0 atom stereocenters. The molecule has 0 saturated heterocycles. The van der Waals surface area contributed by atoms with Crippen molar-refractivity contribution in [3.05, 3.63) is 81.5 Å². The van der Waals surface area contributed by atoms with E-state index < -0.39 is 45.1 Å². The van der Waals surface area contributed by atoms with Gasteiger partial charge in [0.25, 0.3) is 0 Å². The Labute approximate surface area is 319 Å². The summed E-state index contributed by atoms with van der Waals surface area (Å²) in [4.78, 5) is 7.43. The maximum atomic E-state index is 15.9. The second-order valence-electron chi connectivity index (χ2n) is 14.8. The van der Waals surface area contributed by atoms with E-state index in [0.29, 0.717) is 9.75 Å². The van der Waals surface area contributed by atoms with Crippen LogP contribution in [0, 0.1) is 13.8 Å². The van der Waals surface area contributed by atoms with Gasteiger partial charge >= 0.3 is 17.8 Å². The highest BCUT2D eigenvalue weighted by Gasteiger charge is 2.80. The summed E-state index contributed by atoms with van der Waals surface area (Å²) in [6.45, 7) is 16.7. The zero-order chi connectivity index (χ0) is 37.1. The van der Waals surface area contributed by atoms with E-state index in [2.05, 4.69) is 63.5 Å². The van der Waals surface area contributed by atoms with Gasteiger partial charge in [-0.1, -0.05) is 51.4 Å². The summed E-state index contributed by atoms with van der Waals surface area (Å²) in [5, 5.41) is 0. The average molecular weight is 841 g/mol. The van der Waals surface area contributed by atoms with Crippen molar-refractivity contribution in [3.63, 3.8) is 0 Å². The highest BCUT2D eigenvalue weighted by Crippen LogP contribution is 2.66. The van der Waals surface area contributed by atoms with Gasteiger partial charge in [0.1, 0.15) is 0 Å². The van der Waals surface area contributed by atoms with Crippen molar-refractivity contribution in [2.24, 2.45) is 0 Å². The molecule has 6 aromatic heterocycles. The molecule has 0 fully saturated rings. The third-order valence-electron chi connectivity index (χ3n) is 8.91. The van der Waals surface area contributed by atoms with Crippen molar-refractivity contribution < 1.29 is 26.3 Å². The Balaban J connectivity index is 1.30. The van der Waals surface area contributed by atoms with Gasteiger partial charge in [0.2, 0.25) is 0 Å². The second-order valence-corrected chi connectivity index (χ2v) is 32.4. The number of hydrogen-bond donors (Lipinski definition) is 0. The fourth-order valence-corrected chi connectivity index (χ4v) is 16.3. The molecule has 1 aliphatic carbocycles. The number of aryl methyl sites for hydroxylation is 2. The van der Waals surface area contributed by atoms with Gasteiger partial charge in [-0.2, -0.15) is 26.3 Å². The van der Waals surface area contributed by atoms with Crippen LogP contribution in [0.4, 0.5) is 26.3 Å². The lowest BCUT2D eigenvalue weighted by molar-refractivity contribution is -0.254. The molecule has 0 amide bonds. The van der Waals surface area contributed by atoms with Gasteiger partial charge in [0, 0.05) is 59.9 Å². The first-order chi connectivity index (χ1) is 23.6. The van der Waals surface area contributed by atoms with Crippen LogP contribution in [0.3, 0.4) is 0 Å². The molecule has 0 bridgehead atoms. The standard InChI is InChI=1S/C37H34F6S6Si2/c1-19-21(17-29(44-19)27-11-9-23(46-27)25-13-15-31(48-25)50(3,4)5)33-34(36(40,41)37(42,43)35(33,38)39)22-18-30(45-20(22)2)28-12-10-24(47-28)26-14-16-32(49-26)51(6,7)8/h9-18H,1-8H3. The van der Waals surface area contributed by atoms with Crippen LogP contribution in [0.25, 0.3) is 50.2 Å². The summed E-state index contributed by atoms with van der Waals surface area (Å²) in [5.41, 5.74) is -3.10. The zero-order valence-corrected chi connectivity index (χ0v) is 35.9. The molecule has 6 heterocycles. The normalized spacial score (nSPS) is 17.2. The molecule has 268 valence electrons. The van der Waals surface area contributed by atoms with Crippen LogP contribution >= 0.6 is 68.0 Å². The molecule has 0 nitrogen and oxygen atoms in total. The summed E-state index contributed by atoms with van der Waals surface area (Å²) in [6.07, 6.45) is 0. The van der Waals surface area contributed by atoms with E-state index in [1.165, 1.54) is 57.7 Å². The minimum Gasteiger partial charge on any atom is -0.194 e. The number of halogens is 6. The molecular formula is C37H34F6S6Si2. The Morgan fingerprint density at radius 1 is 0.412 bits per heavy atom. The van der Waals surface area contributed by atoms with E-state index in [4.69, 9.17) is 0 Å². The third-order valence-corrected chi connectivity index (χ3v) is 23.3. The molecule has 7 rings (SSSR count). The minimum absolute atomic E-state index is 0.264. The molecule has 6 aromatic rings. The second kappa shape index (κ2) is 12.5. The lowest BCUT2D eigenvalue weighted by Gasteiger charge is -2.25. The van der Waals surface area contributed by atoms with Gasteiger partial charge in [-0.3, -0.25) is 0 Å². The SMILES string of the molecule is Cc1sc(-c2ccc(-c3ccc([Si](C)(C)C)s3)s2)cc1C1=C(c2cc(-c3ccc(-c4ccc([Si](C)(C)C)s4)s3)sc2C)C(F)(F)C(F)(F)C1(F)F. The number of allylic oxidation sites excluding steroid dienone is 2. The molecule has 14 heteroatoms. The number of alkyl halides is 6. The Morgan fingerprint density at radius 3 is 1.02 bits per heavy atom. The number of rotatable bonds is 8. The van der Waals surface area contributed by atoms with Gasteiger partial charge in [-0.05, 0) is 82.5 Å². The molecule has 51 heavy (non-hydrogen) atoms. The Kier molecular flexibility index (Phi) is 9.14. The first kappa shape index (κ1) is 37.3. The maximum absolute atomic E-state index is 15.9. The van der Waals surface area contributed by atoms with Gasteiger partial charge in [0.15, 0.2) is 0 Å². The molecule has 0 spiro atoms. The smallest absolute Gasteiger partial charge is 0.194 e. The molecule has 0 unspecified atom stereocenters. The fourth-order valence-electron chi connectivity index (χ4n) is 6.09. The quantitative estimate of drug-likeness (QED) is 0.106. The Hall–Kier alpha value is -2.05. The van der Waals surface area contributed by atoms with E-state index >= 15 is 26.3 Å². The minimum atomic E-state index is -5.61. The molecule has 0 saturated carbocycles. The van der Waals surface area contributed by atoms with E-state index in [1.807, 2.05) is 24.3 Å². The lowest BCUT2D eigenvalue weighted by Crippen LogP contribution is -2.48. The summed E-state index contributed by atoms with van der Waals surface area (Å²) in [7, 11) is -3.01. The van der Waals surface area contributed by atoms with Crippen molar-refractivity contribution in [2.75, 3.05) is 0 Å². The molecule has 1 aliphatic rings. The monoisotopic (exact) mass is 840 g/mol. The molecule has 0 N–H and O–H groups in total. The van der Waals surface area contributed by atoms with Gasteiger partial charge < -0.3 is 0 Å². The summed E-state index contributed by atoms with van der Waals surface area (Å²) in [6, 6.07) is 18.9. The number of thiophene rings is 6. The Bertz CT molecular complexity index is 2150. The first-order valence-electron chi connectivity index (χ1n) is 16.1. The number of hydrogen-bond acceptors (Lipinski definition) is 6. The van der Waals surface area contributed by atoms with Crippen LogP contribution in [0.15, 0.2) is 60.7 Å². The molecular weight excluding hydrogens is 807 g/mol. The van der Waals surface area contributed by atoms with Crippen LogP contribution < -0.4 is 9.00 Å². The van der Waals surface area contributed by atoms with Crippen LogP contribution in [0.2, 0.25) is 39.3 Å². The third kappa shape index (κ3) is 6.19. The highest BCUT2D eigenvalue weighted by atomic mass is 32.1. The topological polar surface area (TPSA) is 0 Å². The van der Waals surface area contributed by atoms with Crippen molar-refractivity contribution in [1.29, 1.82) is 0 Å². The molecule has 0 aromatic carbocycles. The fraction of sp³-hybridized carbons (Fsp3) is 0.297. The summed E-state index contributed by atoms with van der Waals surface area (Å²) in [5.74, 6) is -15.8. The summed E-state index contributed by atoms with van der Waals surface area (Å²) < 4.78 is 96.9. The van der Waals surface area contributed by atoms with Crippen LogP contribution in [0.1, 0.15) is 20.9 Å². The Morgan fingerprint density at radius 2 is 0.706 bits per heavy atom. The van der Waals surface area contributed by atoms with Crippen molar-refractivity contribution in [2.45, 2.75) is 70.9 Å². The van der Waals surface area contributed by atoms with E-state index in [0.717, 1.165) is 51.9 Å². The highest BCUT2D eigenvalue weighted by molar-refractivity contribution is 7.32. The van der Waals surface area contributed by atoms with Crippen LogP contribution in [0.5, 0.6) is 0 Å². The zero-order valence-electron chi connectivity index (χ0n) is 29.0. The van der Waals surface area contributed by atoms with Gasteiger partial charge in [-0.25, -0.2) is 0 Å². The van der Waals surface area contributed by atoms with Gasteiger partial charge in [0.05, 0.1) is 16.1 Å². The van der Waals surface area contributed by atoms with Crippen molar-refractivity contribution >= 4 is 104 Å². The molecule has 0 radical (unpaired) electrons. The van der Waals surface area contributed by atoms with E-state index in [-0.39, 0.29) is 20.9 Å².